The molecular formula is C47H65N13O12. The fourth-order valence-electron chi connectivity index (χ4n) is 7.26. The molecule has 0 aliphatic heterocycles. The van der Waals surface area contributed by atoms with Gasteiger partial charge in [0.15, 0.2) is 0 Å². The van der Waals surface area contributed by atoms with Crippen molar-refractivity contribution in [3.63, 3.8) is 0 Å². The van der Waals surface area contributed by atoms with Crippen molar-refractivity contribution in [3.8, 4) is 0 Å². The summed E-state index contributed by atoms with van der Waals surface area (Å²) in [6.45, 7) is 3.51. The number of hydrogen-bond acceptors (Lipinski definition) is 14. The van der Waals surface area contributed by atoms with Gasteiger partial charge in [-0.15, -0.1) is 0 Å². The number of rotatable bonds is 28. The summed E-state index contributed by atoms with van der Waals surface area (Å²) in [4.78, 5) is 130. The van der Waals surface area contributed by atoms with Gasteiger partial charge in [0.05, 0.1) is 38.2 Å². The van der Waals surface area contributed by atoms with E-state index in [0.717, 1.165) is 10.9 Å². The van der Waals surface area contributed by atoms with Gasteiger partial charge in [-0.25, -0.2) is 4.98 Å². The number of H-pyrrole nitrogens is 2. The van der Waals surface area contributed by atoms with Gasteiger partial charge in [-0.3, -0.25) is 43.2 Å². The van der Waals surface area contributed by atoms with E-state index in [4.69, 9.17) is 11.5 Å². The van der Waals surface area contributed by atoms with Crippen molar-refractivity contribution >= 4 is 64.1 Å². The molecule has 25 heteroatoms. The van der Waals surface area contributed by atoms with Gasteiger partial charge < -0.3 is 79.3 Å². The molecule has 2 heterocycles. The monoisotopic (exact) mass is 1000 g/mol. The maximum atomic E-state index is 14.4. The number of amides is 9. The molecule has 0 spiro atoms. The zero-order valence-electron chi connectivity index (χ0n) is 40.3. The Hall–Kier alpha value is -7.74. The molecule has 25 nitrogen and oxygen atoms in total. The van der Waals surface area contributed by atoms with E-state index < -0.39 is 133 Å². The lowest BCUT2D eigenvalue weighted by atomic mass is 9.96. The van der Waals surface area contributed by atoms with Crippen molar-refractivity contribution in [2.75, 3.05) is 19.8 Å². The molecule has 390 valence electrons. The van der Waals surface area contributed by atoms with Gasteiger partial charge >= 0.3 is 0 Å². The van der Waals surface area contributed by atoms with Crippen molar-refractivity contribution in [2.45, 2.75) is 108 Å². The van der Waals surface area contributed by atoms with Crippen LogP contribution in [-0.4, -0.2) is 158 Å². The summed E-state index contributed by atoms with van der Waals surface area (Å²) in [5, 5.41) is 50.4. The van der Waals surface area contributed by atoms with Gasteiger partial charge in [-0.1, -0.05) is 68.8 Å². The summed E-state index contributed by atoms with van der Waals surface area (Å²) in [7, 11) is 0. The van der Waals surface area contributed by atoms with E-state index in [1.165, 1.54) is 26.4 Å². The minimum atomic E-state index is -1.68. The maximum Gasteiger partial charge on any atom is 0.245 e. The first kappa shape index (κ1) is 56.8. The number of nitrogens with zero attached hydrogens (tertiary/aromatic N) is 1. The third-order valence-electron chi connectivity index (χ3n) is 11.6. The number of aliphatic hydroxyl groups excluding tert-OH is 3. The zero-order valence-corrected chi connectivity index (χ0v) is 40.3. The molecule has 0 fully saturated rings. The third-order valence-corrected chi connectivity index (χ3v) is 11.6. The number of benzene rings is 2. The van der Waals surface area contributed by atoms with Crippen molar-refractivity contribution in [3.05, 3.63) is 90.1 Å². The Labute approximate surface area is 414 Å². The average Bonchev–Trinajstić information content (AvgIpc) is 4.03. The van der Waals surface area contributed by atoms with Crippen LogP contribution >= 0.6 is 0 Å². The van der Waals surface area contributed by atoms with E-state index in [1.807, 2.05) is 12.1 Å². The van der Waals surface area contributed by atoms with Crippen LogP contribution in [0.4, 0.5) is 0 Å². The number of carbonyl (C=O) groups is 9. The second kappa shape index (κ2) is 27.6. The number of carbonyl (C=O) groups excluding carboxylic acids is 9. The van der Waals surface area contributed by atoms with E-state index in [2.05, 4.69) is 57.5 Å². The molecule has 2 aromatic carbocycles. The number of nitrogens with one attached hydrogen (secondary N) is 10. The first-order chi connectivity index (χ1) is 34.3. The Morgan fingerprint density at radius 3 is 1.78 bits per heavy atom. The molecule has 0 bridgehead atoms. The van der Waals surface area contributed by atoms with Crippen molar-refractivity contribution in [1.82, 2.24) is 57.5 Å². The zero-order chi connectivity index (χ0) is 53.1. The van der Waals surface area contributed by atoms with Crippen molar-refractivity contribution in [1.29, 1.82) is 0 Å². The molecule has 0 radical (unpaired) electrons. The first-order valence-electron chi connectivity index (χ1n) is 23.2. The van der Waals surface area contributed by atoms with Crippen LogP contribution in [-0.2, 0) is 62.4 Å². The first-order valence-corrected chi connectivity index (χ1v) is 23.2. The standard InChI is InChI=1S/C47H65N13O12/c1-5-24(2)38(46(71)57-35(21-61)40(49)65)59-44(69)33(16-28-18-51-31-14-10-9-13-30(28)31)56-43(68)34(17-29-19-50-23-53-29)54-37(64)20-52-42(67)32(15-27-11-7-6-8-12-27)55-45(70)36(22-62)58-47(72)39(26(4)63)60-41(66)25(3)48/h6-14,18-19,23-26,32-36,38-39,51,61-63H,5,15-17,20-22,48H2,1-4H3,(H2,49,65)(H,50,53)(H,52,67)(H,54,64)(H,55,70)(H,56,68)(H,57,71)(H,58,72)(H,59,69)(H,60,66)/t24-,25-,26+,32-,33-,34-,35-,36-,38-,39-/m0/s1. The number of fused-ring (bicyclic) bond motifs is 1. The highest BCUT2D eigenvalue weighted by molar-refractivity contribution is 5.98. The third kappa shape index (κ3) is 16.7. The van der Waals surface area contributed by atoms with E-state index in [9.17, 15) is 58.5 Å². The molecule has 9 amide bonds. The Bertz CT molecular complexity index is 2480. The maximum absolute atomic E-state index is 14.4. The molecule has 0 saturated heterocycles. The molecule has 4 rings (SSSR count). The molecule has 72 heavy (non-hydrogen) atoms. The van der Waals surface area contributed by atoms with Gasteiger partial charge in [0.1, 0.15) is 42.3 Å². The van der Waals surface area contributed by atoms with Crippen LogP contribution in [0.2, 0.25) is 0 Å². The van der Waals surface area contributed by atoms with Gasteiger partial charge in [0.2, 0.25) is 53.2 Å². The Kier molecular flexibility index (Phi) is 21.8. The van der Waals surface area contributed by atoms with Crippen LogP contribution in [0.15, 0.2) is 73.3 Å². The molecule has 10 atom stereocenters. The number of aromatic amines is 2. The lowest BCUT2D eigenvalue weighted by Crippen LogP contribution is -2.61. The Morgan fingerprint density at radius 1 is 0.625 bits per heavy atom. The van der Waals surface area contributed by atoms with Gasteiger partial charge in [-0.2, -0.15) is 0 Å². The van der Waals surface area contributed by atoms with E-state index in [1.54, 1.807) is 62.5 Å². The summed E-state index contributed by atoms with van der Waals surface area (Å²) in [6.07, 6.45) is 2.92. The number of aromatic nitrogens is 3. The largest absolute Gasteiger partial charge is 0.394 e. The summed E-state index contributed by atoms with van der Waals surface area (Å²) in [6, 6.07) is 4.44. The summed E-state index contributed by atoms with van der Waals surface area (Å²) < 4.78 is 0. The summed E-state index contributed by atoms with van der Waals surface area (Å²) >= 11 is 0. The molecular weight excluding hydrogens is 939 g/mol. The van der Waals surface area contributed by atoms with Crippen LogP contribution < -0.4 is 54.0 Å². The van der Waals surface area contributed by atoms with Crippen LogP contribution in [0.5, 0.6) is 0 Å². The molecule has 17 N–H and O–H groups in total. The fraction of sp³-hybridized carbons (Fsp3) is 0.447. The van der Waals surface area contributed by atoms with Crippen LogP contribution in [0.3, 0.4) is 0 Å². The highest BCUT2D eigenvalue weighted by Crippen LogP contribution is 2.20. The van der Waals surface area contributed by atoms with E-state index >= 15 is 0 Å². The second-order valence-corrected chi connectivity index (χ2v) is 17.3. The van der Waals surface area contributed by atoms with E-state index in [-0.39, 0.29) is 19.3 Å². The van der Waals surface area contributed by atoms with Crippen LogP contribution in [0, 0.1) is 5.92 Å². The highest BCUT2D eigenvalue weighted by atomic mass is 16.3. The lowest BCUT2D eigenvalue weighted by molar-refractivity contribution is -0.136. The molecule has 0 aliphatic rings. The highest BCUT2D eigenvalue weighted by Gasteiger charge is 2.35. The number of aliphatic hydroxyl groups is 3. The van der Waals surface area contributed by atoms with Gasteiger partial charge in [0, 0.05) is 48.3 Å². The lowest BCUT2D eigenvalue weighted by Gasteiger charge is -2.28. The summed E-state index contributed by atoms with van der Waals surface area (Å²) in [5.74, 6) is -8.61. The predicted molar refractivity (Wildman–Crippen MR) is 259 cm³/mol. The SMILES string of the molecule is CC[C@H](C)[C@H](NC(=O)[C@H](Cc1c[nH]c2ccccc12)NC(=O)[C@H](Cc1cnc[nH]1)NC(=O)CNC(=O)[C@H](Cc1ccccc1)NC(=O)[C@H](CO)NC(=O)[C@@H](NC(=O)[C@H](C)N)[C@@H](C)O)C(=O)N[C@@H](CO)C(N)=O. The van der Waals surface area contributed by atoms with Crippen molar-refractivity contribution in [2.24, 2.45) is 17.4 Å². The Morgan fingerprint density at radius 2 is 1.18 bits per heavy atom. The number of imidazole rings is 1. The molecule has 4 aromatic rings. The van der Waals surface area contributed by atoms with E-state index in [0.29, 0.717) is 23.2 Å². The molecule has 0 saturated carbocycles. The fourth-order valence-corrected chi connectivity index (χ4v) is 7.26. The van der Waals surface area contributed by atoms with Gasteiger partial charge in [-0.05, 0) is 37.0 Å². The topological polar surface area (TPSA) is 407 Å². The smallest absolute Gasteiger partial charge is 0.245 e. The number of primary amides is 1. The molecule has 0 unspecified atom stereocenters. The Balaban J connectivity index is 1.55. The number of para-hydroxylation sites is 1. The molecule has 2 aromatic heterocycles. The molecule has 0 aliphatic carbocycles. The van der Waals surface area contributed by atoms with Crippen LogP contribution in [0.25, 0.3) is 10.9 Å². The van der Waals surface area contributed by atoms with Crippen LogP contribution in [0.1, 0.15) is 50.9 Å². The van der Waals surface area contributed by atoms with Gasteiger partial charge in [0.25, 0.3) is 0 Å². The minimum absolute atomic E-state index is 0.113. The number of hydrogen-bond donors (Lipinski definition) is 15. The predicted octanol–water partition coefficient (Wildman–Crippen LogP) is -4.33. The second-order valence-electron chi connectivity index (χ2n) is 17.3. The average molecular weight is 1000 g/mol. The normalized spacial score (nSPS) is 15.3. The van der Waals surface area contributed by atoms with Crippen molar-refractivity contribution < 1.29 is 58.5 Å². The number of nitrogens with two attached hydrogens (primary N) is 2. The quantitative estimate of drug-likeness (QED) is 0.0256. The minimum Gasteiger partial charge on any atom is -0.394 e. The summed E-state index contributed by atoms with van der Waals surface area (Å²) in [5.41, 5.74) is 13.2.